The minimum absolute atomic E-state index is 0.0269. The first-order valence-electron chi connectivity index (χ1n) is 10.2. The second-order valence-electron chi connectivity index (χ2n) is 7.82. The number of primary sulfonamides is 1. The van der Waals surface area contributed by atoms with Gasteiger partial charge in [0.1, 0.15) is 0 Å². The molecule has 1 aliphatic rings. The molecule has 3 N–H and O–H groups in total. The zero-order valence-electron chi connectivity index (χ0n) is 18.0. The largest absolute Gasteiger partial charge is 0.369 e. The van der Waals surface area contributed by atoms with Gasteiger partial charge in [0.05, 0.1) is 21.9 Å². The Labute approximate surface area is 187 Å². The highest BCUT2D eigenvalue weighted by Crippen LogP contribution is 2.21. The van der Waals surface area contributed by atoms with Crippen molar-refractivity contribution in [2.24, 2.45) is 5.14 Å². The number of sulfonamides is 1. The van der Waals surface area contributed by atoms with Gasteiger partial charge < -0.3 is 10.2 Å². The van der Waals surface area contributed by atoms with Crippen LogP contribution in [0.5, 0.6) is 0 Å². The Morgan fingerprint density at radius 1 is 1.03 bits per heavy atom. The predicted molar refractivity (Wildman–Crippen MR) is 121 cm³/mol. The zero-order valence-corrected chi connectivity index (χ0v) is 18.8. The summed E-state index contributed by atoms with van der Waals surface area (Å²) in [6.45, 7) is 6.48. The summed E-state index contributed by atoms with van der Waals surface area (Å²) in [6.07, 6.45) is 0. The number of non-ortho nitro benzene ring substituents is 1. The number of nitrogens with zero attached hydrogens (tertiary/aromatic N) is 3. The number of nitro groups is 1. The van der Waals surface area contributed by atoms with Crippen LogP contribution in [0.25, 0.3) is 0 Å². The summed E-state index contributed by atoms with van der Waals surface area (Å²) < 4.78 is 22.8. The van der Waals surface area contributed by atoms with Gasteiger partial charge in [0.2, 0.25) is 15.9 Å². The van der Waals surface area contributed by atoms with Crippen molar-refractivity contribution >= 4 is 27.3 Å². The molecule has 10 nitrogen and oxygen atoms in total. The first kappa shape index (κ1) is 23.6. The molecule has 32 heavy (non-hydrogen) atoms. The number of amides is 1. The van der Waals surface area contributed by atoms with Crippen LogP contribution in [0.3, 0.4) is 0 Å². The van der Waals surface area contributed by atoms with E-state index in [1.165, 1.54) is 24.3 Å². The molecule has 0 aliphatic carbocycles. The summed E-state index contributed by atoms with van der Waals surface area (Å²) in [4.78, 5) is 27.4. The fourth-order valence-electron chi connectivity index (χ4n) is 3.68. The molecule has 3 rings (SSSR count). The number of carbonyl (C=O) groups excluding carboxylic acids is 1. The quantitative estimate of drug-likeness (QED) is 0.472. The van der Waals surface area contributed by atoms with Crippen molar-refractivity contribution in [3.8, 4) is 0 Å². The van der Waals surface area contributed by atoms with Gasteiger partial charge in [-0.15, -0.1) is 0 Å². The SMILES string of the molecule is CC(NC(=O)C(C)N1CCN(c2ccc([N+](=O)[O-])cc2)CC1)c1ccc(S(N)(=O)=O)cc1. The normalized spacial score (nSPS) is 16.9. The van der Waals surface area contributed by atoms with Crippen LogP contribution in [0.15, 0.2) is 53.4 Å². The molecule has 0 spiro atoms. The number of carbonyl (C=O) groups is 1. The molecule has 1 saturated heterocycles. The van der Waals surface area contributed by atoms with Gasteiger partial charge >= 0.3 is 0 Å². The van der Waals surface area contributed by atoms with E-state index < -0.39 is 14.9 Å². The summed E-state index contributed by atoms with van der Waals surface area (Å²) in [5.41, 5.74) is 1.76. The maximum absolute atomic E-state index is 12.8. The van der Waals surface area contributed by atoms with Gasteiger partial charge in [-0.3, -0.25) is 19.8 Å². The van der Waals surface area contributed by atoms with Crippen molar-refractivity contribution in [1.29, 1.82) is 0 Å². The summed E-state index contributed by atoms with van der Waals surface area (Å²) in [7, 11) is -3.75. The Bertz CT molecular complexity index is 1060. The number of rotatable bonds is 7. The molecular weight excluding hydrogens is 434 g/mol. The van der Waals surface area contributed by atoms with Crippen molar-refractivity contribution in [2.45, 2.75) is 30.8 Å². The lowest BCUT2D eigenvalue weighted by molar-refractivity contribution is -0.384. The van der Waals surface area contributed by atoms with Gasteiger partial charge in [-0.25, -0.2) is 13.6 Å². The second kappa shape index (κ2) is 9.63. The second-order valence-corrected chi connectivity index (χ2v) is 9.38. The third-order valence-electron chi connectivity index (χ3n) is 5.73. The number of piperazine rings is 1. The Kier molecular flexibility index (Phi) is 7.12. The van der Waals surface area contributed by atoms with Crippen molar-refractivity contribution in [3.63, 3.8) is 0 Å². The first-order valence-corrected chi connectivity index (χ1v) is 11.8. The van der Waals surface area contributed by atoms with Crippen LogP contribution in [-0.4, -0.2) is 56.4 Å². The van der Waals surface area contributed by atoms with Crippen molar-refractivity contribution < 1.29 is 18.1 Å². The highest BCUT2D eigenvalue weighted by atomic mass is 32.2. The average molecular weight is 462 g/mol. The van der Waals surface area contributed by atoms with Gasteiger partial charge in [0.25, 0.3) is 5.69 Å². The molecule has 1 amide bonds. The zero-order chi connectivity index (χ0) is 23.5. The minimum Gasteiger partial charge on any atom is -0.369 e. The Balaban J connectivity index is 1.53. The molecule has 0 aromatic heterocycles. The minimum atomic E-state index is -3.75. The molecule has 0 radical (unpaired) electrons. The smallest absolute Gasteiger partial charge is 0.269 e. The van der Waals surface area contributed by atoms with Crippen molar-refractivity contribution in [2.75, 3.05) is 31.1 Å². The topological polar surface area (TPSA) is 139 Å². The van der Waals surface area contributed by atoms with E-state index in [4.69, 9.17) is 5.14 Å². The molecule has 1 heterocycles. The van der Waals surface area contributed by atoms with Gasteiger partial charge in [-0.2, -0.15) is 0 Å². The maximum Gasteiger partial charge on any atom is 0.269 e. The number of benzene rings is 2. The molecule has 1 fully saturated rings. The first-order chi connectivity index (χ1) is 15.1. The van der Waals surface area contributed by atoms with Crippen molar-refractivity contribution in [3.05, 3.63) is 64.2 Å². The molecule has 0 bridgehead atoms. The van der Waals surface area contributed by atoms with E-state index >= 15 is 0 Å². The highest BCUT2D eigenvalue weighted by molar-refractivity contribution is 7.89. The molecule has 172 valence electrons. The van der Waals surface area contributed by atoms with Crippen LogP contribution < -0.4 is 15.4 Å². The van der Waals surface area contributed by atoms with E-state index in [-0.39, 0.29) is 28.6 Å². The molecule has 0 saturated carbocycles. The summed E-state index contributed by atoms with van der Waals surface area (Å²) in [6, 6.07) is 12.0. The van der Waals surface area contributed by atoms with E-state index in [9.17, 15) is 23.3 Å². The lowest BCUT2D eigenvalue weighted by Gasteiger charge is -2.38. The Hall–Kier alpha value is -3.02. The fraction of sp³-hybridized carbons (Fsp3) is 0.381. The van der Waals surface area contributed by atoms with Crippen LogP contribution in [-0.2, 0) is 14.8 Å². The molecule has 2 unspecified atom stereocenters. The monoisotopic (exact) mass is 461 g/mol. The predicted octanol–water partition coefficient (Wildman–Crippen LogP) is 1.63. The van der Waals surface area contributed by atoms with Crippen LogP contribution in [0.4, 0.5) is 11.4 Å². The summed E-state index contributed by atoms with van der Waals surface area (Å²) in [5, 5.41) is 18.9. The van der Waals surface area contributed by atoms with E-state index in [0.29, 0.717) is 26.2 Å². The molecule has 1 aliphatic heterocycles. The molecular formula is C21H27N5O5S. The van der Waals surface area contributed by atoms with Gasteiger partial charge in [-0.1, -0.05) is 12.1 Å². The third-order valence-corrected chi connectivity index (χ3v) is 6.66. The van der Waals surface area contributed by atoms with E-state index in [1.807, 2.05) is 13.8 Å². The van der Waals surface area contributed by atoms with E-state index in [1.54, 1.807) is 24.3 Å². The number of nitrogens with one attached hydrogen (secondary N) is 1. The molecule has 2 aromatic carbocycles. The van der Waals surface area contributed by atoms with Gasteiger partial charge in [-0.05, 0) is 43.7 Å². The third kappa shape index (κ3) is 5.61. The molecule has 2 aromatic rings. The van der Waals surface area contributed by atoms with Crippen LogP contribution in [0.2, 0.25) is 0 Å². The van der Waals surface area contributed by atoms with E-state index in [0.717, 1.165) is 11.3 Å². The Morgan fingerprint density at radius 3 is 2.09 bits per heavy atom. The summed E-state index contributed by atoms with van der Waals surface area (Å²) >= 11 is 0. The number of hydrogen-bond acceptors (Lipinski definition) is 7. The van der Waals surface area contributed by atoms with E-state index in [2.05, 4.69) is 15.1 Å². The highest BCUT2D eigenvalue weighted by Gasteiger charge is 2.27. The van der Waals surface area contributed by atoms with Gasteiger partial charge in [0.15, 0.2) is 0 Å². The van der Waals surface area contributed by atoms with Gasteiger partial charge in [0, 0.05) is 44.0 Å². The Morgan fingerprint density at radius 2 is 1.59 bits per heavy atom. The maximum atomic E-state index is 12.8. The molecule has 2 atom stereocenters. The number of anilines is 1. The standard InChI is InChI=1S/C21H27N5O5S/c1-15(17-3-9-20(10-4-17)32(22,30)31)23-21(27)16(2)24-11-13-25(14-12-24)18-5-7-19(8-6-18)26(28)29/h3-10,15-16H,11-14H2,1-2H3,(H,23,27)(H2,22,30,31). The summed E-state index contributed by atoms with van der Waals surface area (Å²) in [5.74, 6) is -0.114. The lowest BCUT2D eigenvalue weighted by Crippen LogP contribution is -2.54. The van der Waals surface area contributed by atoms with Crippen LogP contribution in [0, 0.1) is 10.1 Å². The lowest BCUT2D eigenvalue weighted by atomic mass is 10.1. The fourth-order valence-corrected chi connectivity index (χ4v) is 4.20. The van der Waals surface area contributed by atoms with Crippen LogP contribution in [0.1, 0.15) is 25.5 Å². The number of nitrogens with two attached hydrogens (primary N) is 1. The average Bonchev–Trinajstić information content (AvgIpc) is 2.78. The van der Waals surface area contributed by atoms with Crippen molar-refractivity contribution in [1.82, 2.24) is 10.2 Å². The number of hydrogen-bond donors (Lipinski definition) is 2. The van der Waals surface area contributed by atoms with Crippen LogP contribution >= 0.6 is 0 Å². The molecule has 11 heteroatoms. The number of nitro benzene ring substituents is 1.